The molecule has 4 nitrogen and oxygen atoms in total. The molecule has 1 heterocycles. The number of carboxylic acid groups (broad SMARTS) is 1. The fourth-order valence-electron chi connectivity index (χ4n) is 1.19. The van der Waals surface area contributed by atoms with E-state index in [1.807, 2.05) is 25.5 Å². The van der Waals surface area contributed by atoms with Gasteiger partial charge in [-0.05, 0) is 20.8 Å². The number of hydrogen-bond donors (Lipinski definition) is 1. The predicted octanol–water partition coefficient (Wildman–Crippen LogP) is 1.21. The summed E-state index contributed by atoms with van der Waals surface area (Å²) in [5.74, 6) is 3.50. The standard InChI is InChI=1S/C10H12N2O2/c1-7(2)12-8(3)9(6-11-12)4-5-10(13)14/h6-7H,1-3H3,(H,13,14). The van der Waals surface area contributed by atoms with Crippen LogP contribution in [0.1, 0.15) is 31.1 Å². The zero-order valence-corrected chi connectivity index (χ0v) is 8.40. The fraction of sp³-hybridized carbons (Fsp3) is 0.400. The molecular weight excluding hydrogens is 180 g/mol. The Hall–Kier alpha value is -1.76. The normalized spacial score (nSPS) is 9.71. The van der Waals surface area contributed by atoms with Crippen LogP contribution in [0.3, 0.4) is 0 Å². The monoisotopic (exact) mass is 192 g/mol. The van der Waals surface area contributed by atoms with Crippen LogP contribution >= 0.6 is 0 Å². The molecule has 0 saturated heterocycles. The van der Waals surface area contributed by atoms with Gasteiger partial charge in [0.2, 0.25) is 0 Å². The highest BCUT2D eigenvalue weighted by molar-refractivity contribution is 5.87. The molecule has 0 fully saturated rings. The summed E-state index contributed by atoms with van der Waals surface area (Å²) in [5.41, 5.74) is 1.56. The molecule has 0 aliphatic rings. The molecule has 1 rings (SSSR count). The van der Waals surface area contributed by atoms with E-state index in [2.05, 4.69) is 16.9 Å². The van der Waals surface area contributed by atoms with E-state index in [0.717, 1.165) is 5.69 Å². The van der Waals surface area contributed by atoms with Crippen LogP contribution in [0.4, 0.5) is 0 Å². The molecule has 0 saturated carbocycles. The van der Waals surface area contributed by atoms with E-state index in [9.17, 15) is 4.79 Å². The van der Waals surface area contributed by atoms with Crippen molar-refractivity contribution in [2.75, 3.05) is 0 Å². The molecule has 0 unspecified atom stereocenters. The molecule has 0 radical (unpaired) electrons. The minimum Gasteiger partial charge on any atom is -0.472 e. The summed E-state index contributed by atoms with van der Waals surface area (Å²) >= 11 is 0. The lowest BCUT2D eigenvalue weighted by Crippen LogP contribution is -2.04. The number of aromatic nitrogens is 2. The van der Waals surface area contributed by atoms with Crippen molar-refractivity contribution in [1.29, 1.82) is 0 Å². The minimum absolute atomic E-state index is 0.260. The lowest BCUT2D eigenvalue weighted by molar-refractivity contribution is -0.130. The maximum Gasteiger partial charge on any atom is 0.382 e. The zero-order valence-electron chi connectivity index (χ0n) is 8.40. The Bertz CT molecular complexity index is 407. The van der Waals surface area contributed by atoms with Gasteiger partial charge in [-0.1, -0.05) is 5.92 Å². The molecule has 1 N–H and O–H groups in total. The van der Waals surface area contributed by atoms with Crippen molar-refractivity contribution in [1.82, 2.24) is 9.78 Å². The second-order valence-electron chi connectivity index (χ2n) is 3.24. The van der Waals surface area contributed by atoms with Crippen LogP contribution in [0.25, 0.3) is 0 Å². The molecule has 0 aliphatic carbocycles. The summed E-state index contributed by atoms with van der Waals surface area (Å²) in [7, 11) is 0. The van der Waals surface area contributed by atoms with Crippen LogP contribution in [0, 0.1) is 18.8 Å². The quantitative estimate of drug-likeness (QED) is 0.680. The van der Waals surface area contributed by atoms with Gasteiger partial charge in [-0.2, -0.15) is 5.10 Å². The molecular formula is C10H12N2O2. The Kier molecular flexibility index (Phi) is 2.92. The average molecular weight is 192 g/mol. The molecule has 0 spiro atoms. The Morgan fingerprint density at radius 3 is 2.71 bits per heavy atom. The number of aliphatic carboxylic acids is 1. The summed E-state index contributed by atoms with van der Waals surface area (Å²) in [6.45, 7) is 5.89. The lowest BCUT2D eigenvalue weighted by atomic mass is 10.2. The van der Waals surface area contributed by atoms with Gasteiger partial charge in [-0.25, -0.2) is 4.79 Å². The fourth-order valence-corrected chi connectivity index (χ4v) is 1.19. The second kappa shape index (κ2) is 3.97. The Balaban J connectivity index is 3.03. The Morgan fingerprint density at radius 1 is 1.64 bits per heavy atom. The van der Waals surface area contributed by atoms with Gasteiger partial charge in [-0.15, -0.1) is 0 Å². The predicted molar refractivity (Wildman–Crippen MR) is 51.9 cm³/mol. The van der Waals surface area contributed by atoms with E-state index in [0.29, 0.717) is 5.56 Å². The van der Waals surface area contributed by atoms with Crippen molar-refractivity contribution in [2.24, 2.45) is 0 Å². The summed E-state index contributed by atoms with van der Waals surface area (Å²) in [6, 6.07) is 0.260. The van der Waals surface area contributed by atoms with Gasteiger partial charge in [-0.3, -0.25) is 4.68 Å². The maximum absolute atomic E-state index is 10.2. The average Bonchev–Trinajstić information content (AvgIpc) is 2.43. The third-order valence-corrected chi connectivity index (χ3v) is 1.84. The number of carbonyl (C=O) groups is 1. The van der Waals surface area contributed by atoms with E-state index in [1.165, 1.54) is 0 Å². The van der Waals surface area contributed by atoms with E-state index in [-0.39, 0.29) is 6.04 Å². The maximum atomic E-state index is 10.2. The van der Waals surface area contributed by atoms with Crippen molar-refractivity contribution in [3.63, 3.8) is 0 Å². The van der Waals surface area contributed by atoms with Crippen molar-refractivity contribution in [3.8, 4) is 11.8 Å². The van der Waals surface area contributed by atoms with Crippen molar-refractivity contribution in [3.05, 3.63) is 17.5 Å². The van der Waals surface area contributed by atoms with Crippen LogP contribution in [-0.4, -0.2) is 20.9 Å². The summed E-state index contributed by atoms with van der Waals surface area (Å²) < 4.78 is 1.81. The van der Waals surface area contributed by atoms with Gasteiger partial charge in [0.15, 0.2) is 0 Å². The van der Waals surface area contributed by atoms with E-state index >= 15 is 0 Å². The minimum atomic E-state index is -1.12. The number of rotatable bonds is 1. The van der Waals surface area contributed by atoms with Gasteiger partial charge < -0.3 is 5.11 Å². The Morgan fingerprint density at radius 2 is 2.29 bits per heavy atom. The van der Waals surface area contributed by atoms with Crippen LogP contribution in [0.2, 0.25) is 0 Å². The van der Waals surface area contributed by atoms with Crippen molar-refractivity contribution in [2.45, 2.75) is 26.8 Å². The van der Waals surface area contributed by atoms with E-state index in [4.69, 9.17) is 5.11 Å². The smallest absolute Gasteiger partial charge is 0.382 e. The first-order chi connectivity index (χ1) is 6.52. The first kappa shape index (κ1) is 10.3. The topological polar surface area (TPSA) is 55.1 Å². The lowest BCUT2D eigenvalue weighted by Gasteiger charge is -2.06. The van der Waals surface area contributed by atoms with Gasteiger partial charge in [0.25, 0.3) is 0 Å². The summed E-state index contributed by atoms with van der Waals surface area (Å²) in [5, 5.41) is 12.5. The highest BCUT2D eigenvalue weighted by Gasteiger charge is 2.06. The molecule has 4 heteroatoms. The molecule has 1 aromatic heterocycles. The largest absolute Gasteiger partial charge is 0.472 e. The van der Waals surface area contributed by atoms with Gasteiger partial charge in [0.1, 0.15) is 0 Å². The third-order valence-electron chi connectivity index (χ3n) is 1.84. The molecule has 14 heavy (non-hydrogen) atoms. The summed E-state index contributed by atoms with van der Waals surface area (Å²) in [6.07, 6.45) is 1.59. The van der Waals surface area contributed by atoms with Crippen molar-refractivity contribution < 1.29 is 9.90 Å². The first-order valence-electron chi connectivity index (χ1n) is 4.31. The SMILES string of the molecule is Cc1c(C#CC(=O)O)cnn1C(C)C. The molecule has 0 aliphatic heterocycles. The Labute approximate surface area is 82.5 Å². The van der Waals surface area contributed by atoms with Crippen LogP contribution in [-0.2, 0) is 4.79 Å². The summed E-state index contributed by atoms with van der Waals surface area (Å²) in [4.78, 5) is 10.2. The van der Waals surface area contributed by atoms with E-state index in [1.54, 1.807) is 6.20 Å². The van der Waals surface area contributed by atoms with E-state index < -0.39 is 5.97 Å². The van der Waals surface area contributed by atoms with Gasteiger partial charge >= 0.3 is 5.97 Å². The molecule has 0 aromatic carbocycles. The number of nitrogens with zero attached hydrogens (tertiary/aromatic N) is 2. The first-order valence-corrected chi connectivity index (χ1v) is 4.31. The third kappa shape index (κ3) is 2.13. The van der Waals surface area contributed by atoms with Gasteiger partial charge in [0, 0.05) is 12.0 Å². The number of carboxylic acids is 1. The second-order valence-corrected chi connectivity index (χ2v) is 3.24. The molecule has 0 bridgehead atoms. The van der Waals surface area contributed by atoms with Crippen molar-refractivity contribution >= 4 is 5.97 Å². The highest BCUT2D eigenvalue weighted by Crippen LogP contribution is 2.11. The molecule has 0 amide bonds. The van der Waals surface area contributed by atoms with Crippen LogP contribution < -0.4 is 0 Å². The zero-order chi connectivity index (χ0) is 10.7. The van der Waals surface area contributed by atoms with Crippen LogP contribution in [0.15, 0.2) is 6.20 Å². The molecule has 0 atom stereocenters. The number of hydrogen-bond acceptors (Lipinski definition) is 2. The highest BCUT2D eigenvalue weighted by atomic mass is 16.4. The van der Waals surface area contributed by atoms with Crippen LogP contribution in [0.5, 0.6) is 0 Å². The molecule has 1 aromatic rings. The van der Waals surface area contributed by atoms with Gasteiger partial charge in [0.05, 0.1) is 17.5 Å². The molecule has 74 valence electrons.